The Morgan fingerprint density at radius 1 is 0.756 bits per heavy atom. The number of hydrogen-bond acceptors (Lipinski definition) is 3. The van der Waals surface area contributed by atoms with Gasteiger partial charge in [-0.05, 0) is 65.3 Å². The molecule has 8 rings (SSSR count). The minimum atomic E-state index is -0.381. The fraction of sp³-hybridized carbons (Fsp3) is 0.205. The van der Waals surface area contributed by atoms with Crippen LogP contribution in [0.2, 0.25) is 0 Å². The van der Waals surface area contributed by atoms with Crippen LogP contribution in [0.3, 0.4) is 0 Å². The Bertz CT molecular complexity index is 2400. The number of pyridine rings is 2. The second-order valence-corrected chi connectivity index (χ2v) is 12.8. The van der Waals surface area contributed by atoms with E-state index in [2.05, 4.69) is 144 Å². The van der Waals surface area contributed by atoms with Gasteiger partial charge in [0, 0.05) is 17.2 Å². The number of fused-ring (bicyclic) bond motifs is 9. The third-order valence-corrected chi connectivity index (χ3v) is 9.04. The van der Waals surface area contributed by atoms with Gasteiger partial charge < -0.3 is 8.97 Å². The fourth-order valence-electron chi connectivity index (χ4n) is 6.79. The first-order valence-electron chi connectivity index (χ1n) is 15.3. The summed E-state index contributed by atoms with van der Waals surface area (Å²) in [5.41, 5.74) is 7.20. The fourth-order valence-corrected chi connectivity index (χ4v) is 6.79. The Kier molecular flexibility index (Phi) is 7.13. The van der Waals surface area contributed by atoms with Crippen LogP contribution in [0.5, 0.6) is 0 Å². The van der Waals surface area contributed by atoms with Crippen molar-refractivity contribution in [2.24, 2.45) is 5.92 Å². The van der Waals surface area contributed by atoms with Crippen LogP contribution in [0.1, 0.15) is 50.2 Å². The van der Waals surface area contributed by atoms with Gasteiger partial charge >= 0.3 is 21.1 Å². The van der Waals surface area contributed by atoms with E-state index in [1.54, 1.807) is 0 Å². The smallest absolute Gasteiger partial charge is 0.320 e. The first kappa shape index (κ1) is 29.4. The molecule has 8 aromatic rings. The molecular formula is C39H33N5Pt. The van der Waals surface area contributed by atoms with E-state index in [1.807, 2.05) is 13.1 Å². The van der Waals surface area contributed by atoms with Gasteiger partial charge in [-0.1, -0.05) is 80.4 Å². The van der Waals surface area contributed by atoms with Crippen molar-refractivity contribution < 1.29 is 21.1 Å². The van der Waals surface area contributed by atoms with Gasteiger partial charge in [0.05, 0.1) is 5.65 Å². The Balaban J connectivity index is 0.00000325. The maximum atomic E-state index is 4.85. The van der Waals surface area contributed by atoms with Crippen LogP contribution < -0.4 is 0 Å². The van der Waals surface area contributed by atoms with Gasteiger partial charge in [0.1, 0.15) is 11.6 Å². The number of nitrogens with zero attached hydrogens (tertiary/aromatic N) is 5. The molecule has 4 aromatic carbocycles. The molecule has 0 aliphatic rings. The molecule has 0 radical (unpaired) electrons. The molecule has 45 heavy (non-hydrogen) atoms. The summed E-state index contributed by atoms with van der Waals surface area (Å²) >= 11 is 0. The third-order valence-electron chi connectivity index (χ3n) is 9.04. The van der Waals surface area contributed by atoms with E-state index in [0.29, 0.717) is 5.92 Å². The van der Waals surface area contributed by atoms with Crippen LogP contribution in [0, 0.1) is 25.0 Å². The largest absolute Gasteiger partial charge is 2.00 e. The Morgan fingerprint density at radius 2 is 1.42 bits per heavy atom. The van der Waals surface area contributed by atoms with Gasteiger partial charge in [0.15, 0.2) is 0 Å². The number of benzene rings is 4. The molecule has 0 N–H and O–H groups in total. The van der Waals surface area contributed by atoms with Crippen LogP contribution >= 0.6 is 0 Å². The van der Waals surface area contributed by atoms with Crippen LogP contribution in [-0.2, 0) is 32.9 Å². The van der Waals surface area contributed by atoms with E-state index in [-0.39, 0.29) is 26.5 Å². The second kappa shape index (κ2) is 10.9. The molecule has 6 heteroatoms. The van der Waals surface area contributed by atoms with Crippen molar-refractivity contribution in [2.45, 2.75) is 46.5 Å². The molecule has 0 unspecified atom stereocenters. The van der Waals surface area contributed by atoms with E-state index >= 15 is 0 Å². The molecule has 0 aliphatic carbocycles. The summed E-state index contributed by atoms with van der Waals surface area (Å²) in [6.45, 7) is 11.0. The van der Waals surface area contributed by atoms with Crippen molar-refractivity contribution >= 4 is 49.1 Å². The molecule has 224 valence electrons. The van der Waals surface area contributed by atoms with Crippen molar-refractivity contribution in [1.29, 1.82) is 0 Å². The summed E-state index contributed by atoms with van der Waals surface area (Å²) in [5, 5.41) is 14.7. The van der Waals surface area contributed by atoms with E-state index < -0.39 is 0 Å². The Hall–Kier alpha value is -4.34. The molecule has 4 aromatic heterocycles. The molecule has 0 saturated heterocycles. The maximum Gasteiger partial charge on any atom is 2.00 e. The second-order valence-electron chi connectivity index (χ2n) is 12.8. The summed E-state index contributed by atoms with van der Waals surface area (Å²) in [6, 6.07) is 37.9. The average molecular weight is 767 g/mol. The van der Waals surface area contributed by atoms with Crippen molar-refractivity contribution in [3.05, 3.63) is 126 Å². The average Bonchev–Trinajstić information content (AvgIpc) is 3.58. The molecule has 5 nitrogen and oxygen atoms in total. The van der Waals surface area contributed by atoms with Crippen molar-refractivity contribution in [1.82, 2.24) is 24.1 Å². The van der Waals surface area contributed by atoms with Gasteiger partial charge in [0.25, 0.3) is 0 Å². The molecule has 0 amide bonds. The Labute approximate surface area is 277 Å². The molecule has 0 aliphatic heterocycles. The van der Waals surface area contributed by atoms with Crippen LogP contribution in [0.4, 0.5) is 0 Å². The maximum absolute atomic E-state index is 4.85. The quantitative estimate of drug-likeness (QED) is 0.130. The van der Waals surface area contributed by atoms with Crippen LogP contribution in [-0.4, -0.2) is 24.1 Å². The van der Waals surface area contributed by atoms with Crippen LogP contribution in [0.25, 0.3) is 54.9 Å². The van der Waals surface area contributed by atoms with E-state index in [4.69, 9.17) is 4.98 Å². The standard InChI is InChI=1S/C39H33N5.Pt/c1-24(2)20-26-18-19-40-37(21-26)44-35-13-9-7-11-31(35)32-17-15-28(23-36(32)44)39(4,5)27-14-16-29-30-10-6-8-12-34(30)43-25(3)41-42-38(43)33(29)22-27;/h6-19,21,24H,20H2,1-5H3;/q-2;+2. The number of para-hydroxylation sites is 2. The summed E-state index contributed by atoms with van der Waals surface area (Å²) < 4.78 is 4.41. The topological polar surface area (TPSA) is 48.0 Å². The molecule has 0 spiro atoms. The monoisotopic (exact) mass is 766 g/mol. The zero-order valence-electron chi connectivity index (χ0n) is 26.0. The summed E-state index contributed by atoms with van der Waals surface area (Å²) in [6.07, 6.45) is 2.95. The van der Waals surface area contributed by atoms with Gasteiger partial charge in [-0.15, -0.1) is 34.2 Å². The summed E-state index contributed by atoms with van der Waals surface area (Å²) in [7, 11) is 0. The minimum absolute atomic E-state index is 0. The normalized spacial score (nSPS) is 12.2. The predicted octanol–water partition coefficient (Wildman–Crippen LogP) is 8.96. The number of aryl methyl sites for hydroxylation is 1. The first-order chi connectivity index (χ1) is 21.3. The van der Waals surface area contributed by atoms with Crippen molar-refractivity contribution in [3.63, 3.8) is 0 Å². The van der Waals surface area contributed by atoms with Gasteiger partial charge in [-0.25, -0.2) is 4.98 Å². The van der Waals surface area contributed by atoms with Gasteiger partial charge in [-0.2, -0.15) is 28.9 Å². The number of aromatic nitrogens is 5. The molecule has 0 atom stereocenters. The predicted molar refractivity (Wildman–Crippen MR) is 180 cm³/mol. The molecule has 0 bridgehead atoms. The SMILES string of the molecule is Cc1nnc2c3[c-]c(C(C)(C)c4[c-]c5c(cc4)c4ccccc4n5-c4cc(CC(C)C)ccn4)ccc3c3ccccc3n12.[Pt+2]. The number of hydrogen-bond donors (Lipinski definition) is 0. The van der Waals surface area contributed by atoms with E-state index in [9.17, 15) is 0 Å². The van der Waals surface area contributed by atoms with E-state index in [1.165, 1.54) is 21.7 Å². The van der Waals surface area contributed by atoms with Crippen molar-refractivity contribution in [3.8, 4) is 5.82 Å². The third kappa shape index (κ3) is 4.59. The zero-order chi connectivity index (χ0) is 30.2. The molecule has 0 saturated carbocycles. The Morgan fingerprint density at radius 3 is 2.18 bits per heavy atom. The zero-order valence-corrected chi connectivity index (χ0v) is 28.3. The van der Waals surface area contributed by atoms with E-state index in [0.717, 1.165) is 62.2 Å². The molecular weight excluding hydrogens is 734 g/mol. The van der Waals surface area contributed by atoms with Gasteiger partial charge in [0.2, 0.25) is 0 Å². The number of rotatable bonds is 5. The first-order valence-corrected chi connectivity index (χ1v) is 15.3. The van der Waals surface area contributed by atoms with Crippen molar-refractivity contribution in [2.75, 3.05) is 0 Å². The molecule has 0 fully saturated rings. The summed E-state index contributed by atoms with van der Waals surface area (Å²) in [4.78, 5) is 4.85. The molecule has 4 heterocycles. The minimum Gasteiger partial charge on any atom is -0.320 e. The van der Waals surface area contributed by atoms with Crippen LogP contribution in [0.15, 0.2) is 91.1 Å². The summed E-state index contributed by atoms with van der Waals surface area (Å²) in [5.74, 6) is 2.37. The van der Waals surface area contributed by atoms with Gasteiger partial charge in [-0.3, -0.25) is 0 Å².